The molecule has 0 amide bonds. The Labute approximate surface area is 180 Å². The van der Waals surface area contributed by atoms with Gasteiger partial charge in [0.15, 0.2) is 5.76 Å². The molecule has 3 rings (SSSR count). The van der Waals surface area contributed by atoms with Gasteiger partial charge in [-0.15, -0.1) is 11.8 Å². The molecule has 0 spiro atoms. The Morgan fingerprint density at radius 3 is 2.70 bits per heavy atom. The number of aromatic hydroxyl groups is 1. The second-order valence-electron chi connectivity index (χ2n) is 7.54. The summed E-state index contributed by atoms with van der Waals surface area (Å²) in [5, 5.41) is 10.5. The standard InChI is InChI=1S/C23H28O6S/c1-27-16-9-6-10-18(11-16)30-14-17-12-20(24)22(26)23(29-17)19(13-21(25)28-2)15-7-4-3-5-8-15/h6,9-12,15,19,26H,3-5,7-8,13-14H2,1-2H3/t19-/m0/s1. The number of carbonyl (C=O) groups is 1. The third-order valence-corrected chi connectivity index (χ3v) is 6.61. The zero-order chi connectivity index (χ0) is 21.5. The Balaban J connectivity index is 1.87. The van der Waals surface area contributed by atoms with E-state index >= 15 is 0 Å². The highest BCUT2D eigenvalue weighted by molar-refractivity contribution is 7.98. The summed E-state index contributed by atoms with van der Waals surface area (Å²) in [6.45, 7) is 0. The third kappa shape index (κ3) is 5.59. The number of esters is 1. The Bertz CT molecular complexity index is 916. The maximum atomic E-state index is 12.5. The molecule has 30 heavy (non-hydrogen) atoms. The van der Waals surface area contributed by atoms with E-state index < -0.39 is 11.2 Å². The fraction of sp³-hybridized carbons (Fsp3) is 0.478. The molecule has 1 aromatic carbocycles. The Morgan fingerprint density at radius 1 is 1.23 bits per heavy atom. The molecule has 1 aliphatic rings. The monoisotopic (exact) mass is 432 g/mol. The van der Waals surface area contributed by atoms with Crippen molar-refractivity contribution in [1.29, 1.82) is 0 Å². The summed E-state index contributed by atoms with van der Waals surface area (Å²) >= 11 is 1.51. The predicted molar refractivity (Wildman–Crippen MR) is 115 cm³/mol. The summed E-state index contributed by atoms with van der Waals surface area (Å²) in [5.74, 6) is 0.884. The molecule has 0 unspecified atom stereocenters. The van der Waals surface area contributed by atoms with Gasteiger partial charge in [-0.1, -0.05) is 25.3 Å². The van der Waals surface area contributed by atoms with Crippen molar-refractivity contribution in [2.75, 3.05) is 14.2 Å². The number of carbonyl (C=O) groups excluding carboxylic acids is 1. The molecule has 1 aromatic heterocycles. The third-order valence-electron chi connectivity index (χ3n) is 5.59. The molecule has 1 atom stereocenters. The van der Waals surface area contributed by atoms with Gasteiger partial charge in [-0.2, -0.15) is 0 Å². The van der Waals surface area contributed by atoms with Gasteiger partial charge < -0.3 is 19.0 Å². The van der Waals surface area contributed by atoms with Crippen molar-refractivity contribution in [3.05, 3.63) is 52.1 Å². The lowest BCUT2D eigenvalue weighted by molar-refractivity contribution is -0.141. The highest BCUT2D eigenvalue weighted by Crippen LogP contribution is 2.41. The average Bonchev–Trinajstić information content (AvgIpc) is 2.78. The molecule has 1 N–H and O–H groups in total. The molecule has 1 aliphatic carbocycles. The van der Waals surface area contributed by atoms with E-state index in [0.717, 1.165) is 42.7 Å². The van der Waals surface area contributed by atoms with Crippen LogP contribution in [-0.4, -0.2) is 25.3 Å². The van der Waals surface area contributed by atoms with Crippen molar-refractivity contribution in [3.8, 4) is 11.5 Å². The maximum Gasteiger partial charge on any atom is 0.306 e. The zero-order valence-electron chi connectivity index (χ0n) is 17.4. The minimum atomic E-state index is -0.483. The van der Waals surface area contributed by atoms with Crippen molar-refractivity contribution >= 4 is 17.7 Å². The first-order valence-corrected chi connectivity index (χ1v) is 11.2. The van der Waals surface area contributed by atoms with Gasteiger partial charge in [-0.25, -0.2) is 0 Å². The van der Waals surface area contributed by atoms with Crippen LogP contribution in [0.3, 0.4) is 0 Å². The summed E-state index contributed by atoms with van der Waals surface area (Å²) in [6, 6.07) is 8.95. The van der Waals surface area contributed by atoms with Gasteiger partial charge in [-0.05, 0) is 37.0 Å². The average molecular weight is 433 g/mol. The molecule has 0 radical (unpaired) electrons. The lowest BCUT2D eigenvalue weighted by Crippen LogP contribution is -2.22. The normalized spacial score (nSPS) is 15.5. The molecule has 1 fully saturated rings. The van der Waals surface area contributed by atoms with Crippen LogP contribution in [0.5, 0.6) is 11.5 Å². The molecular weight excluding hydrogens is 404 g/mol. The number of thioether (sulfide) groups is 1. The van der Waals surface area contributed by atoms with Gasteiger partial charge >= 0.3 is 5.97 Å². The summed E-state index contributed by atoms with van der Waals surface area (Å²) in [7, 11) is 2.96. The van der Waals surface area contributed by atoms with E-state index in [1.54, 1.807) is 7.11 Å². The van der Waals surface area contributed by atoms with E-state index in [1.165, 1.54) is 24.9 Å². The number of rotatable bonds is 8. The van der Waals surface area contributed by atoms with Crippen LogP contribution in [0.2, 0.25) is 0 Å². The van der Waals surface area contributed by atoms with E-state index in [0.29, 0.717) is 11.5 Å². The Kier molecular flexibility index (Phi) is 7.85. The van der Waals surface area contributed by atoms with Crippen LogP contribution >= 0.6 is 11.8 Å². The maximum absolute atomic E-state index is 12.5. The van der Waals surface area contributed by atoms with E-state index in [4.69, 9.17) is 13.9 Å². The lowest BCUT2D eigenvalue weighted by Gasteiger charge is -2.29. The number of hydrogen-bond donors (Lipinski definition) is 1. The SMILES string of the molecule is COC(=O)C[C@H](c1oc(CSc2cccc(OC)c2)cc(=O)c1O)C1CCCCC1. The van der Waals surface area contributed by atoms with Crippen molar-refractivity contribution in [1.82, 2.24) is 0 Å². The van der Waals surface area contributed by atoms with Crippen LogP contribution in [0.25, 0.3) is 0 Å². The first kappa shape index (κ1) is 22.3. The first-order chi connectivity index (χ1) is 14.5. The molecular formula is C23H28O6S. The molecule has 1 heterocycles. The van der Waals surface area contributed by atoms with E-state index in [1.807, 2.05) is 24.3 Å². The van der Waals surface area contributed by atoms with E-state index in [-0.39, 0.29) is 30.0 Å². The number of methoxy groups -OCH3 is 2. The van der Waals surface area contributed by atoms with Crippen molar-refractivity contribution in [2.45, 2.75) is 55.1 Å². The van der Waals surface area contributed by atoms with Gasteiger partial charge in [-0.3, -0.25) is 9.59 Å². The molecule has 0 aliphatic heterocycles. The predicted octanol–water partition coefficient (Wildman–Crippen LogP) is 4.87. The van der Waals surface area contributed by atoms with Gasteiger partial charge in [0, 0.05) is 16.9 Å². The summed E-state index contributed by atoms with van der Waals surface area (Å²) < 4.78 is 16.1. The fourth-order valence-corrected chi connectivity index (χ4v) is 4.82. The zero-order valence-corrected chi connectivity index (χ0v) is 18.2. The van der Waals surface area contributed by atoms with Gasteiger partial charge in [0.1, 0.15) is 11.5 Å². The molecule has 1 saturated carbocycles. The molecule has 0 bridgehead atoms. The minimum absolute atomic E-state index is 0.0874. The van der Waals surface area contributed by atoms with Crippen LogP contribution in [0.1, 0.15) is 56.0 Å². The number of ether oxygens (including phenoxy) is 2. The molecule has 162 valence electrons. The van der Waals surface area contributed by atoms with Crippen LogP contribution in [0, 0.1) is 5.92 Å². The van der Waals surface area contributed by atoms with Crippen molar-refractivity contribution in [2.24, 2.45) is 5.92 Å². The smallest absolute Gasteiger partial charge is 0.306 e. The van der Waals surface area contributed by atoms with Crippen LogP contribution in [-0.2, 0) is 15.3 Å². The molecule has 0 saturated heterocycles. The molecule has 7 heteroatoms. The summed E-state index contributed by atoms with van der Waals surface area (Å²) in [4.78, 5) is 25.5. The second-order valence-corrected chi connectivity index (χ2v) is 8.59. The number of benzene rings is 1. The van der Waals surface area contributed by atoms with Gasteiger partial charge in [0.25, 0.3) is 0 Å². The van der Waals surface area contributed by atoms with Crippen molar-refractivity contribution < 1.29 is 23.8 Å². The van der Waals surface area contributed by atoms with Crippen molar-refractivity contribution in [3.63, 3.8) is 0 Å². The molecule has 6 nitrogen and oxygen atoms in total. The fourth-order valence-electron chi connectivity index (χ4n) is 4.00. The van der Waals surface area contributed by atoms with Crippen LogP contribution in [0.15, 0.2) is 44.4 Å². The highest BCUT2D eigenvalue weighted by atomic mass is 32.2. The lowest BCUT2D eigenvalue weighted by atomic mass is 9.77. The molecule has 2 aromatic rings. The second kappa shape index (κ2) is 10.6. The van der Waals surface area contributed by atoms with Crippen LogP contribution in [0.4, 0.5) is 0 Å². The number of hydrogen-bond acceptors (Lipinski definition) is 7. The first-order valence-electron chi connectivity index (χ1n) is 10.2. The summed E-state index contributed by atoms with van der Waals surface area (Å²) in [5.41, 5.74) is -0.483. The van der Waals surface area contributed by atoms with E-state index in [2.05, 4.69) is 0 Å². The van der Waals surface area contributed by atoms with E-state index in [9.17, 15) is 14.7 Å². The Morgan fingerprint density at radius 2 is 2.00 bits per heavy atom. The Hall–Kier alpha value is -2.41. The largest absolute Gasteiger partial charge is 0.502 e. The van der Waals surface area contributed by atoms with Gasteiger partial charge in [0.05, 0.1) is 26.4 Å². The van der Waals surface area contributed by atoms with Crippen LogP contribution < -0.4 is 10.2 Å². The minimum Gasteiger partial charge on any atom is -0.502 e. The topological polar surface area (TPSA) is 86.0 Å². The summed E-state index contributed by atoms with van der Waals surface area (Å²) in [6.07, 6.45) is 5.26. The highest BCUT2D eigenvalue weighted by Gasteiger charge is 2.32. The quantitative estimate of drug-likeness (QED) is 0.470. The van der Waals surface area contributed by atoms with Gasteiger partial charge in [0.2, 0.25) is 11.2 Å².